The van der Waals surface area contributed by atoms with E-state index in [0.29, 0.717) is 49.8 Å². The van der Waals surface area contributed by atoms with E-state index >= 15 is 0 Å². The lowest BCUT2D eigenvalue weighted by Crippen LogP contribution is -2.42. The first-order valence-corrected chi connectivity index (χ1v) is 11.2. The highest BCUT2D eigenvalue weighted by Gasteiger charge is 2.38. The zero-order chi connectivity index (χ0) is 23.2. The van der Waals surface area contributed by atoms with Crippen LogP contribution in [0.25, 0.3) is 5.65 Å². The Kier molecular flexibility index (Phi) is 5.72. The van der Waals surface area contributed by atoms with E-state index in [4.69, 9.17) is 0 Å². The largest absolute Gasteiger partial charge is 0.420 e. The van der Waals surface area contributed by atoms with Gasteiger partial charge in [0.05, 0.1) is 5.69 Å². The van der Waals surface area contributed by atoms with Crippen molar-refractivity contribution in [3.63, 3.8) is 0 Å². The zero-order valence-electron chi connectivity index (χ0n) is 17.9. The molecule has 10 heteroatoms. The number of hydrogen-bond acceptors (Lipinski definition) is 4. The summed E-state index contributed by atoms with van der Waals surface area (Å²) in [5.41, 5.74) is -0.433. The van der Waals surface area contributed by atoms with Gasteiger partial charge in [0, 0.05) is 44.4 Å². The number of aromatic nitrogens is 3. The molecule has 0 amide bonds. The number of anilines is 1. The average Bonchev–Trinajstić information content (AvgIpc) is 3.50. The fourth-order valence-corrected chi connectivity index (χ4v) is 4.53. The monoisotopic (exact) mass is 465 g/mol. The summed E-state index contributed by atoms with van der Waals surface area (Å²) < 4.78 is 70.5. The van der Waals surface area contributed by atoms with Crippen LogP contribution < -0.4 is 10.2 Å². The van der Waals surface area contributed by atoms with E-state index in [9.17, 15) is 22.0 Å². The highest BCUT2D eigenvalue weighted by Crippen LogP contribution is 2.37. The van der Waals surface area contributed by atoms with Crippen molar-refractivity contribution >= 4 is 11.3 Å². The lowest BCUT2D eigenvalue weighted by molar-refractivity contribution is -0.137. The summed E-state index contributed by atoms with van der Waals surface area (Å²) in [7, 11) is 0. The second-order valence-electron chi connectivity index (χ2n) is 8.91. The maximum Gasteiger partial charge on any atom is 0.420 e. The fraction of sp³-hybridized carbons (Fsp3) is 0.478. The van der Waals surface area contributed by atoms with Crippen LogP contribution in [0.5, 0.6) is 0 Å². The Morgan fingerprint density at radius 2 is 1.76 bits per heavy atom. The number of nitrogens with zero attached hydrogens (tertiary/aromatic N) is 4. The predicted molar refractivity (Wildman–Crippen MR) is 113 cm³/mol. The lowest BCUT2D eigenvalue weighted by Gasteiger charge is -2.34. The van der Waals surface area contributed by atoms with Gasteiger partial charge in [-0.25, -0.2) is 8.78 Å². The summed E-state index contributed by atoms with van der Waals surface area (Å²) >= 11 is 0. The first-order chi connectivity index (χ1) is 15.8. The molecule has 0 atom stereocenters. The number of piperidine rings is 1. The SMILES string of the molecule is Fc1ccc(N2CCC(NCc3ccn4c(CC5CC5)nnc4c3C(F)(F)F)CC2)c(F)c1. The number of pyridine rings is 1. The van der Waals surface area contributed by atoms with Crippen LogP contribution in [0, 0.1) is 17.6 Å². The van der Waals surface area contributed by atoms with Crippen molar-refractivity contribution in [1.82, 2.24) is 19.9 Å². The van der Waals surface area contributed by atoms with Crippen LogP contribution in [0.3, 0.4) is 0 Å². The molecule has 2 aliphatic rings. The van der Waals surface area contributed by atoms with Gasteiger partial charge in [0.25, 0.3) is 0 Å². The summed E-state index contributed by atoms with van der Waals surface area (Å²) in [6, 6.07) is 4.98. The second-order valence-corrected chi connectivity index (χ2v) is 8.91. The van der Waals surface area contributed by atoms with Crippen LogP contribution in [-0.2, 0) is 19.1 Å². The number of fused-ring (bicyclic) bond motifs is 1. The Balaban J connectivity index is 1.27. The van der Waals surface area contributed by atoms with Gasteiger partial charge in [-0.3, -0.25) is 4.40 Å². The van der Waals surface area contributed by atoms with Crippen LogP contribution >= 0.6 is 0 Å². The van der Waals surface area contributed by atoms with Gasteiger partial charge in [0.15, 0.2) is 5.65 Å². The summed E-state index contributed by atoms with van der Waals surface area (Å²) in [5, 5.41) is 11.1. The summed E-state index contributed by atoms with van der Waals surface area (Å²) in [6.45, 7) is 1.10. The Bertz CT molecular complexity index is 1150. The minimum atomic E-state index is -4.55. The molecule has 0 bridgehead atoms. The Hall–Kier alpha value is -2.75. The molecule has 1 aliphatic carbocycles. The molecule has 5 nitrogen and oxygen atoms in total. The number of hydrogen-bond donors (Lipinski definition) is 1. The van der Waals surface area contributed by atoms with Gasteiger partial charge in [-0.15, -0.1) is 10.2 Å². The molecule has 0 radical (unpaired) electrons. The summed E-state index contributed by atoms with van der Waals surface area (Å²) in [6.07, 6.45) is 1.15. The smallest absolute Gasteiger partial charge is 0.369 e. The lowest BCUT2D eigenvalue weighted by atomic mass is 10.0. The highest BCUT2D eigenvalue weighted by molar-refractivity contribution is 5.54. The van der Waals surface area contributed by atoms with Gasteiger partial charge in [0.1, 0.15) is 23.0 Å². The fourth-order valence-electron chi connectivity index (χ4n) is 4.53. The Labute approximate surface area is 187 Å². The van der Waals surface area contributed by atoms with Crippen LogP contribution in [-0.4, -0.2) is 33.7 Å². The zero-order valence-corrected chi connectivity index (χ0v) is 17.9. The standard InChI is InChI=1S/C23H24F5N5/c24-16-3-4-19(18(25)12-16)32-8-6-17(7-9-32)29-13-15-5-10-33-20(11-14-1-2-14)30-31-22(33)21(15)23(26,27)28/h3-5,10,12,14,17,29H,1-2,6-9,11,13H2. The Morgan fingerprint density at radius 1 is 1.00 bits per heavy atom. The molecule has 5 rings (SSSR count). The number of halogens is 5. The topological polar surface area (TPSA) is 45.5 Å². The molecule has 2 aromatic heterocycles. The molecule has 1 aromatic carbocycles. The molecule has 2 fully saturated rings. The van der Waals surface area contributed by atoms with Crippen LogP contribution in [0.4, 0.5) is 27.6 Å². The number of alkyl halides is 3. The van der Waals surface area contributed by atoms with E-state index in [2.05, 4.69) is 15.5 Å². The van der Waals surface area contributed by atoms with Gasteiger partial charge < -0.3 is 10.2 Å². The number of nitrogens with one attached hydrogen (secondary N) is 1. The normalized spacial score (nSPS) is 17.8. The molecule has 1 saturated carbocycles. The number of benzene rings is 1. The van der Waals surface area contributed by atoms with Gasteiger partial charge >= 0.3 is 6.18 Å². The predicted octanol–water partition coefficient (Wildman–Crippen LogP) is 4.74. The first kappa shape index (κ1) is 22.1. The van der Waals surface area contributed by atoms with Gasteiger partial charge in [0.2, 0.25) is 0 Å². The molecule has 0 spiro atoms. The third kappa shape index (κ3) is 4.66. The Morgan fingerprint density at radius 3 is 2.42 bits per heavy atom. The molecule has 3 aromatic rings. The summed E-state index contributed by atoms with van der Waals surface area (Å²) in [4.78, 5) is 1.83. The summed E-state index contributed by atoms with van der Waals surface area (Å²) in [5.74, 6) is -0.184. The van der Waals surface area contributed by atoms with E-state index in [1.807, 2.05) is 4.90 Å². The van der Waals surface area contributed by atoms with E-state index < -0.39 is 23.4 Å². The molecule has 1 N–H and O–H groups in total. The maximum absolute atomic E-state index is 14.0. The molecule has 3 heterocycles. The quantitative estimate of drug-likeness (QED) is 0.535. The van der Waals surface area contributed by atoms with Crippen LogP contribution in [0.15, 0.2) is 30.5 Å². The molecular weight excluding hydrogens is 441 g/mol. The highest BCUT2D eigenvalue weighted by atomic mass is 19.4. The maximum atomic E-state index is 14.0. The van der Waals surface area contributed by atoms with Crippen LogP contribution in [0.2, 0.25) is 0 Å². The van der Waals surface area contributed by atoms with Crippen molar-refractivity contribution in [2.45, 2.75) is 50.9 Å². The van der Waals surface area contributed by atoms with E-state index in [1.165, 1.54) is 22.6 Å². The van der Waals surface area contributed by atoms with Crippen molar-refractivity contribution in [1.29, 1.82) is 0 Å². The molecule has 176 valence electrons. The molecule has 0 unspecified atom stereocenters. The molecule has 1 aliphatic heterocycles. The van der Waals surface area contributed by atoms with Gasteiger partial charge in [-0.1, -0.05) is 0 Å². The molecule has 1 saturated heterocycles. The van der Waals surface area contributed by atoms with E-state index in [1.54, 1.807) is 6.20 Å². The van der Waals surface area contributed by atoms with Crippen molar-refractivity contribution in [3.05, 3.63) is 59.0 Å². The van der Waals surface area contributed by atoms with Gasteiger partial charge in [-0.2, -0.15) is 13.2 Å². The van der Waals surface area contributed by atoms with Gasteiger partial charge in [-0.05, 0) is 55.4 Å². The second kappa shape index (κ2) is 8.55. The minimum Gasteiger partial charge on any atom is -0.369 e. The first-order valence-electron chi connectivity index (χ1n) is 11.2. The third-order valence-corrected chi connectivity index (χ3v) is 6.51. The van der Waals surface area contributed by atoms with Crippen LogP contribution in [0.1, 0.15) is 42.6 Å². The van der Waals surface area contributed by atoms with Crippen molar-refractivity contribution in [3.8, 4) is 0 Å². The van der Waals surface area contributed by atoms with Crippen molar-refractivity contribution in [2.75, 3.05) is 18.0 Å². The van der Waals surface area contributed by atoms with Crippen molar-refractivity contribution < 1.29 is 22.0 Å². The minimum absolute atomic E-state index is 0.00892. The average molecular weight is 465 g/mol. The van der Waals surface area contributed by atoms with E-state index in [0.717, 1.165) is 18.9 Å². The van der Waals surface area contributed by atoms with Crippen molar-refractivity contribution in [2.24, 2.45) is 5.92 Å². The third-order valence-electron chi connectivity index (χ3n) is 6.51. The molecule has 33 heavy (non-hydrogen) atoms. The molecular formula is C23H24F5N5. The number of rotatable bonds is 6. The van der Waals surface area contributed by atoms with E-state index in [-0.39, 0.29) is 23.8 Å².